The van der Waals surface area contributed by atoms with Crippen molar-refractivity contribution >= 4 is 25.4 Å². The minimum Gasteiger partial charge on any atom is -0.496 e. The van der Waals surface area contributed by atoms with Crippen LogP contribution >= 0.6 is 10.7 Å². The molecule has 0 bridgehead atoms. The highest BCUT2D eigenvalue weighted by atomic mass is 35.7. The zero-order valence-electron chi connectivity index (χ0n) is 9.54. The minimum absolute atomic E-state index is 0.00405. The molecule has 0 unspecified atom stereocenters. The molecule has 100 valence electrons. The lowest BCUT2D eigenvalue weighted by Gasteiger charge is -2.10. The van der Waals surface area contributed by atoms with Gasteiger partial charge in [-0.2, -0.15) is 0 Å². The van der Waals surface area contributed by atoms with Gasteiger partial charge >= 0.3 is 5.69 Å². The number of nitro groups is 1. The van der Waals surface area contributed by atoms with Crippen LogP contribution in [0.2, 0.25) is 0 Å². The van der Waals surface area contributed by atoms with Crippen molar-refractivity contribution in [2.45, 2.75) is 11.8 Å². The molecule has 9 heteroatoms. The molecule has 0 aliphatic rings. The summed E-state index contributed by atoms with van der Waals surface area (Å²) in [7, 11) is 2.29. The Labute approximate surface area is 108 Å². The maximum atomic E-state index is 11.4. The Balaban J connectivity index is 3.65. The third kappa shape index (κ3) is 3.02. The van der Waals surface area contributed by atoms with Crippen LogP contribution < -0.4 is 9.47 Å². The fourth-order valence-electron chi connectivity index (χ4n) is 1.29. The van der Waals surface area contributed by atoms with Gasteiger partial charge in [-0.3, -0.25) is 10.1 Å². The van der Waals surface area contributed by atoms with Gasteiger partial charge in [0.25, 0.3) is 9.05 Å². The van der Waals surface area contributed by atoms with Crippen LogP contribution in [0.15, 0.2) is 17.0 Å². The maximum Gasteiger partial charge on any atom is 0.316 e. The van der Waals surface area contributed by atoms with Crippen LogP contribution in [-0.4, -0.2) is 27.1 Å². The molecule has 0 fully saturated rings. The van der Waals surface area contributed by atoms with Crippen LogP contribution in [0.5, 0.6) is 11.5 Å². The smallest absolute Gasteiger partial charge is 0.316 e. The quantitative estimate of drug-likeness (QED) is 0.468. The monoisotopic (exact) mass is 295 g/mol. The van der Waals surface area contributed by atoms with E-state index in [1.165, 1.54) is 7.11 Å². The first kappa shape index (κ1) is 14.5. The van der Waals surface area contributed by atoms with Crippen molar-refractivity contribution in [3.63, 3.8) is 0 Å². The molecule has 0 amide bonds. The second-order valence-electron chi connectivity index (χ2n) is 3.10. The largest absolute Gasteiger partial charge is 0.496 e. The highest BCUT2D eigenvalue weighted by molar-refractivity contribution is 8.13. The molecule has 0 heterocycles. The molecule has 0 aromatic heterocycles. The zero-order chi connectivity index (χ0) is 13.9. The normalized spacial score (nSPS) is 11.1. The van der Waals surface area contributed by atoms with Gasteiger partial charge in [-0.1, -0.05) is 0 Å². The van der Waals surface area contributed by atoms with Crippen molar-refractivity contribution in [2.24, 2.45) is 0 Å². The summed E-state index contributed by atoms with van der Waals surface area (Å²) in [5, 5.41) is 10.9. The molecular formula is C9H10ClNO6S. The molecule has 0 saturated carbocycles. The number of rotatable bonds is 5. The van der Waals surface area contributed by atoms with Crippen molar-refractivity contribution in [3.05, 3.63) is 22.2 Å². The summed E-state index contributed by atoms with van der Waals surface area (Å²) in [4.78, 5) is 9.62. The Morgan fingerprint density at radius 3 is 2.44 bits per heavy atom. The fourth-order valence-corrected chi connectivity index (χ4v) is 2.27. The lowest BCUT2D eigenvalue weighted by atomic mass is 10.2. The minimum atomic E-state index is -4.18. The van der Waals surface area contributed by atoms with Crippen LogP contribution in [0, 0.1) is 10.1 Å². The van der Waals surface area contributed by atoms with Crippen LogP contribution in [0.25, 0.3) is 0 Å². The Morgan fingerprint density at radius 2 is 2.06 bits per heavy atom. The van der Waals surface area contributed by atoms with Crippen LogP contribution in [-0.2, 0) is 9.05 Å². The topological polar surface area (TPSA) is 95.7 Å². The van der Waals surface area contributed by atoms with Gasteiger partial charge in [0.2, 0.25) is 5.75 Å². The molecule has 1 rings (SSSR count). The number of hydrogen-bond acceptors (Lipinski definition) is 6. The van der Waals surface area contributed by atoms with E-state index in [9.17, 15) is 18.5 Å². The van der Waals surface area contributed by atoms with E-state index in [1.807, 2.05) is 0 Å². The van der Waals surface area contributed by atoms with Gasteiger partial charge in [-0.15, -0.1) is 0 Å². The van der Waals surface area contributed by atoms with Gasteiger partial charge < -0.3 is 9.47 Å². The van der Waals surface area contributed by atoms with Crippen LogP contribution in [0.1, 0.15) is 6.92 Å². The van der Waals surface area contributed by atoms with E-state index in [2.05, 4.69) is 0 Å². The molecule has 0 saturated heterocycles. The summed E-state index contributed by atoms with van der Waals surface area (Å²) in [5.41, 5.74) is -0.518. The van der Waals surface area contributed by atoms with Crippen molar-refractivity contribution in [3.8, 4) is 11.5 Å². The van der Waals surface area contributed by atoms with Gasteiger partial charge in [0.05, 0.1) is 24.7 Å². The molecule has 0 aliphatic carbocycles. The predicted molar refractivity (Wildman–Crippen MR) is 63.9 cm³/mol. The predicted octanol–water partition coefficient (Wildman–Crippen LogP) is 1.93. The van der Waals surface area contributed by atoms with E-state index in [0.717, 1.165) is 12.1 Å². The molecule has 0 aliphatic heterocycles. The summed E-state index contributed by atoms with van der Waals surface area (Å²) in [6.07, 6.45) is 0. The lowest BCUT2D eigenvalue weighted by Crippen LogP contribution is -2.04. The summed E-state index contributed by atoms with van der Waals surface area (Å²) >= 11 is 0. The summed E-state index contributed by atoms with van der Waals surface area (Å²) in [6, 6.07) is 2.14. The molecule has 0 N–H and O–H groups in total. The zero-order valence-corrected chi connectivity index (χ0v) is 11.1. The second kappa shape index (κ2) is 5.40. The van der Waals surface area contributed by atoms with E-state index >= 15 is 0 Å². The third-order valence-electron chi connectivity index (χ3n) is 1.99. The number of benzene rings is 1. The first-order valence-electron chi connectivity index (χ1n) is 4.75. The summed E-state index contributed by atoms with van der Waals surface area (Å²) < 4.78 is 32.5. The fraction of sp³-hybridized carbons (Fsp3) is 0.333. The standard InChI is InChI=1S/C9H10ClNO6S/c1-3-17-9-7(11(12)13)4-6(16-2)5-8(9)18(10,14)15/h4-5H,3H2,1-2H3. The SMILES string of the molecule is CCOc1c([N+](=O)[O-])cc(OC)cc1S(=O)(=O)Cl. The van der Waals surface area contributed by atoms with Gasteiger partial charge in [-0.05, 0) is 6.92 Å². The third-order valence-corrected chi connectivity index (χ3v) is 3.32. The van der Waals surface area contributed by atoms with Crippen LogP contribution in [0.3, 0.4) is 0 Å². The lowest BCUT2D eigenvalue weighted by molar-refractivity contribution is -0.386. The number of nitro benzene ring substituents is 1. The molecule has 1 aromatic rings. The van der Waals surface area contributed by atoms with Crippen molar-refractivity contribution in [2.75, 3.05) is 13.7 Å². The molecule has 0 spiro atoms. The number of halogens is 1. The average molecular weight is 296 g/mol. The van der Waals surface area contributed by atoms with E-state index in [0.29, 0.717) is 0 Å². The van der Waals surface area contributed by atoms with Gasteiger partial charge in [0.15, 0.2) is 0 Å². The second-order valence-corrected chi connectivity index (χ2v) is 5.64. The van der Waals surface area contributed by atoms with Gasteiger partial charge in [0, 0.05) is 16.7 Å². The first-order chi connectivity index (χ1) is 8.31. The van der Waals surface area contributed by atoms with E-state index in [4.69, 9.17) is 20.2 Å². The number of ether oxygens (including phenoxy) is 2. The summed E-state index contributed by atoms with van der Waals surface area (Å²) in [5.74, 6) is -0.386. The molecular weight excluding hydrogens is 286 g/mol. The molecule has 1 aromatic carbocycles. The van der Waals surface area contributed by atoms with E-state index < -0.39 is 30.3 Å². The molecule has 7 nitrogen and oxygen atoms in total. The number of nitrogens with zero attached hydrogens (tertiary/aromatic N) is 1. The summed E-state index contributed by atoms with van der Waals surface area (Å²) in [6.45, 7) is 1.63. The van der Waals surface area contributed by atoms with E-state index in [-0.39, 0.29) is 12.4 Å². The molecule has 0 radical (unpaired) electrons. The highest BCUT2D eigenvalue weighted by Gasteiger charge is 2.28. The van der Waals surface area contributed by atoms with Crippen molar-refractivity contribution < 1.29 is 22.8 Å². The Kier molecular flexibility index (Phi) is 4.36. The highest BCUT2D eigenvalue weighted by Crippen LogP contribution is 2.39. The average Bonchev–Trinajstić information content (AvgIpc) is 2.27. The van der Waals surface area contributed by atoms with E-state index in [1.54, 1.807) is 6.92 Å². The maximum absolute atomic E-state index is 11.4. The Bertz CT molecular complexity index is 571. The van der Waals surface area contributed by atoms with Gasteiger partial charge in [-0.25, -0.2) is 8.42 Å². The molecule has 0 atom stereocenters. The number of hydrogen-bond donors (Lipinski definition) is 0. The van der Waals surface area contributed by atoms with Crippen molar-refractivity contribution in [1.82, 2.24) is 0 Å². The van der Waals surface area contributed by atoms with Crippen molar-refractivity contribution in [1.29, 1.82) is 0 Å². The Hall–Kier alpha value is -1.54. The molecule has 18 heavy (non-hydrogen) atoms. The van der Waals surface area contributed by atoms with Crippen LogP contribution in [0.4, 0.5) is 5.69 Å². The Morgan fingerprint density at radius 1 is 1.44 bits per heavy atom. The van der Waals surface area contributed by atoms with Gasteiger partial charge in [0.1, 0.15) is 10.6 Å². The first-order valence-corrected chi connectivity index (χ1v) is 7.06. The number of methoxy groups -OCH3 is 1.